The van der Waals surface area contributed by atoms with Gasteiger partial charge in [-0.25, -0.2) is 4.39 Å². The molecule has 106 valence electrons. The van der Waals surface area contributed by atoms with E-state index in [2.05, 4.69) is 0 Å². The summed E-state index contributed by atoms with van der Waals surface area (Å²) < 4.78 is 51.1. The molecule has 7 heteroatoms. The third-order valence-corrected chi connectivity index (χ3v) is 5.81. The Bertz CT molecular complexity index is 444. The van der Waals surface area contributed by atoms with E-state index >= 15 is 0 Å². The summed E-state index contributed by atoms with van der Waals surface area (Å²) in [7, 11) is 0. The molecule has 1 saturated heterocycles. The molecular formula is C12H13F4NS2. The molecule has 2 N–H and O–H groups in total. The van der Waals surface area contributed by atoms with Crippen molar-refractivity contribution < 1.29 is 17.6 Å². The fraction of sp³-hybridized carbons (Fsp3) is 0.500. The number of hydrogen-bond donors (Lipinski definition) is 1. The van der Waals surface area contributed by atoms with Crippen LogP contribution in [0.25, 0.3) is 0 Å². The van der Waals surface area contributed by atoms with Crippen LogP contribution in [-0.2, 0) is 6.18 Å². The van der Waals surface area contributed by atoms with Gasteiger partial charge in [0, 0.05) is 28.6 Å². The highest BCUT2D eigenvalue weighted by atomic mass is 32.2. The number of thioether (sulfide) groups is 2. The van der Waals surface area contributed by atoms with Gasteiger partial charge in [0.15, 0.2) is 0 Å². The smallest absolute Gasteiger partial charge is 0.323 e. The first-order valence-electron chi connectivity index (χ1n) is 5.71. The lowest BCUT2D eigenvalue weighted by molar-refractivity contribution is -0.140. The predicted molar refractivity (Wildman–Crippen MR) is 71.9 cm³/mol. The molecule has 1 aliphatic rings. The molecule has 0 saturated carbocycles. The number of halogens is 4. The quantitative estimate of drug-likeness (QED) is 0.844. The van der Waals surface area contributed by atoms with Crippen LogP contribution >= 0.6 is 23.5 Å². The van der Waals surface area contributed by atoms with Crippen molar-refractivity contribution in [2.24, 2.45) is 5.73 Å². The van der Waals surface area contributed by atoms with Crippen LogP contribution in [0, 0.1) is 5.82 Å². The van der Waals surface area contributed by atoms with Gasteiger partial charge in [-0.1, -0.05) is 6.07 Å². The molecule has 0 amide bonds. The molecule has 0 aromatic heterocycles. The molecule has 2 atom stereocenters. The molecule has 1 aliphatic heterocycles. The summed E-state index contributed by atoms with van der Waals surface area (Å²) in [6, 6.07) is 2.52. The standard InChI is InChI=1S/C12H13F4NS2/c13-9-2-1-7(5-8(9)12(14,15)16)11(17)10-6-18-3-4-19-10/h1-2,5,10-11H,3-4,6,17H2. The minimum atomic E-state index is -4.69. The maximum absolute atomic E-state index is 13.2. The van der Waals surface area contributed by atoms with Crippen molar-refractivity contribution in [2.45, 2.75) is 17.5 Å². The fourth-order valence-electron chi connectivity index (χ4n) is 1.90. The van der Waals surface area contributed by atoms with Gasteiger partial charge < -0.3 is 5.73 Å². The van der Waals surface area contributed by atoms with E-state index in [-0.39, 0.29) is 5.25 Å². The lowest BCUT2D eigenvalue weighted by atomic mass is 10.0. The summed E-state index contributed by atoms with van der Waals surface area (Å²) in [5, 5.41) is 0.0743. The van der Waals surface area contributed by atoms with Gasteiger partial charge in [-0.3, -0.25) is 0 Å². The Kier molecular flexibility index (Phi) is 4.68. The Hall–Kier alpha value is -0.400. The predicted octanol–water partition coefficient (Wildman–Crippen LogP) is 3.69. The normalized spacial score (nSPS) is 22.3. The van der Waals surface area contributed by atoms with E-state index in [9.17, 15) is 17.6 Å². The molecule has 0 radical (unpaired) electrons. The van der Waals surface area contributed by atoms with Gasteiger partial charge in [-0.2, -0.15) is 36.7 Å². The van der Waals surface area contributed by atoms with Crippen LogP contribution in [-0.4, -0.2) is 22.5 Å². The maximum Gasteiger partial charge on any atom is 0.419 e. The van der Waals surface area contributed by atoms with Crippen molar-refractivity contribution in [3.63, 3.8) is 0 Å². The molecule has 2 unspecified atom stereocenters. The van der Waals surface area contributed by atoms with Gasteiger partial charge in [-0.05, 0) is 17.7 Å². The molecule has 0 aliphatic carbocycles. The summed E-state index contributed by atoms with van der Waals surface area (Å²) in [5.74, 6) is 1.53. The van der Waals surface area contributed by atoms with E-state index in [4.69, 9.17) is 5.73 Å². The molecular weight excluding hydrogens is 298 g/mol. The molecule has 1 aromatic carbocycles. The maximum atomic E-state index is 13.2. The average Bonchev–Trinajstić information content (AvgIpc) is 2.38. The zero-order valence-electron chi connectivity index (χ0n) is 9.91. The second kappa shape index (κ2) is 5.93. The molecule has 2 rings (SSSR count). The first-order valence-corrected chi connectivity index (χ1v) is 7.91. The average molecular weight is 311 g/mol. The highest BCUT2D eigenvalue weighted by Gasteiger charge is 2.35. The summed E-state index contributed by atoms with van der Waals surface area (Å²) in [6.07, 6.45) is -4.69. The lowest BCUT2D eigenvalue weighted by Gasteiger charge is -2.27. The van der Waals surface area contributed by atoms with E-state index in [0.29, 0.717) is 5.56 Å². The number of benzene rings is 1. The van der Waals surface area contributed by atoms with Crippen molar-refractivity contribution in [1.82, 2.24) is 0 Å². The SMILES string of the molecule is NC(c1ccc(F)c(C(F)(F)F)c1)C1CSCCS1. The van der Waals surface area contributed by atoms with E-state index in [1.54, 1.807) is 23.5 Å². The van der Waals surface area contributed by atoms with Crippen LogP contribution in [0.3, 0.4) is 0 Å². The van der Waals surface area contributed by atoms with Crippen molar-refractivity contribution in [3.05, 3.63) is 35.1 Å². The summed E-state index contributed by atoms with van der Waals surface area (Å²) in [6.45, 7) is 0. The zero-order valence-corrected chi connectivity index (χ0v) is 11.5. The lowest BCUT2D eigenvalue weighted by Crippen LogP contribution is -2.29. The Morgan fingerprint density at radius 2 is 2.00 bits per heavy atom. The fourth-order valence-corrected chi connectivity index (χ4v) is 4.70. The first kappa shape index (κ1) is 15.0. The van der Waals surface area contributed by atoms with Gasteiger partial charge in [0.25, 0.3) is 0 Å². The monoisotopic (exact) mass is 311 g/mol. The number of hydrogen-bond acceptors (Lipinski definition) is 3. The Labute approximate surface area is 117 Å². The van der Waals surface area contributed by atoms with Gasteiger partial charge in [0.2, 0.25) is 0 Å². The molecule has 0 spiro atoms. The zero-order chi connectivity index (χ0) is 14.0. The van der Waals surface area contributed by atoms with E-state index in [1.165, 1.54) is 6.07 Å². The molecule has 19 heavy (non-hydrogen) atoms. The minimum Gasteiger partial charge on any atom is -0.323 e. The topological polar surface area (TPSA) is 26.0 Å². The minimum absolute atomic E-state index is 0.0743. The molecule has 1 aromatic rings. The highest BCUT2D eigenvalue weighted by molar-refractivity contribution is 8.06. The van der Waals surface area contributed by atoms with E-state index < -0.39 is 23.6 Å². The highest BCUT2D eigenvalue weighted by Crippen LogP contribution is 2.36. The van der Waals surface area contributed by atoms with Crippen LogP contribution in [0.5, 0.6) is 0 Å². The van der Waals surface area contributed by atoms with Crippen molar-refractivity contribution >= 4 is 23.5 Å². The first-order chi connectivity index (χ1) is 8.89. The van der Waals surface area contributed by atoms with Crippen molar-refractivity contribution in [2.75, 3.05) is 17.3 Å². The molecule has 0 bridgehead atoms. The number of alkyl halides is 3. The van der Waals surface area contributed by atoms with Crippen LogP contribution < -0.4 is 5.73 Å². The van der Waals surface area contributed by atoms with Gasteiger partial charge >= 0.3 is 6.18 Å². The van der Waals surface area contributed by atoms with Gasteiger partial charge in [-0.15, -0.1) is 0 Å². The second-order valence-corrected chi connectivity index (χ2v) is 6.74. The Balaban J connectivity index is 2.24. The third-order valence-electron chi connectivity index (χ3n) is 2.92. The summed E-state index contributed by atoms with van der Waals surface area (Å²) >= 11 is 3.40. The van der Waals surface area contributed by atoms with Crippen LogP contribution in [0.1, 0.15) is 17.2 Å². The van der Waals surface area contributed by atoms with Gasteiger partial charge in [0.05, 0.1) is 5.56 Å². The van der Waals surface area contributed by atoms with Crippen molar-refractivity contribution in [3.8, 4) is 0 Å². The second-order valence-electron chi connectivity index (χ2n) is 4.25. The summed E-state index contributed by atoms with van der Waals surface area (Å²) in [4.78, 5) is 0. The van der Waals surface area contributed by atoms with Gasteiger partial charge in [0.1, 0.15) is 5.82 Å². The largest absolute Gasteiger partial charge is 0.419 e. The summed E-state index contributed by atoms with van der Waals surface area (Å²) in [5.41, 5.74) is 5.11. The van der Waals surface area contributed by atoms with Crippen molar-refractivity contribution in [1.29, 1.82) is 0 Å². The van der Waals surface area contributed by atoms with Crippen LogP contribution in [0.15, 0.2) is 18.2 Å². The Morgan fingerprint density at radius 3 is 2.58 bits per heavy atom. The van der Waals surface area contributed by atoms with Crippen LogP contribution in [0.4, 0.5) is 17.6 Å². The molecule has 1 nitrogen and oxygen atoms in total. The number of nitrogens with two attached hydrogens (primary N) is 1. The Morgan fingerprint density at radius 1 is 1.26 bits per heavy atom. The third kappa shape index (κ3) is 3.58. The van der Waals surface area contributed by atoms with E-state index in [0.717, 1.165) is 29.4 Å². The molecule has 1 heterocycles. The van der Waals surface area contributed by atoms with Crippen LogP contribution in [0.2, 0.25) is 0 Å². The van der Waals surface area contributed by atoms with E-state index in [1.807, 2.05) is 0 Å². The molecule has 1 fully saturated rings. The number of rotatable bonds is 2.